The predicted molar refractivity (Wildman–Crippen MR) is 72.6 cm³/mol. The number of hydrogen-bond donors (Lipinski definition) is 2. The van der Waals surface area contributed by atoms with E-state index in [9.17, 15) is 9.50 Å². The second kappa shape index (κ2) is 6.35. The van der Waals surface area contributed by atoms with Crippen LogP contribution in [0.1, 0.15) is 38.3 Å². The Morgan fingerprint density at radius 3 is 3.00 bits per heavy atom. The van der Waals surface area contributed by atoms with Gasteiger partial charge in [-0.15, -0.1) is 0 Å². The Morgan fingerprint density at radius 1 is 1.53 bits per heavy atom. The highest BCUT2D eigenvalue weighted by atomic mass is 19.1. The molecule has 0 saturated carbocycles. The molecule has 2 N–H and O–H groups in total. The fraction of sp³-hybridized carbons (Fsp3) is 0.600. The molecule has 0 radical (unpaired) electrons. The number of hydrogen-bond acceptors (Lipinski definition) is 3. The van der Waals surface area contributed by atoms with Gasteiger partial charge in [0.1, 0.15) is 11.6 Å². The molecule has 1 saturated heterocycles. The lowest BCUT2D eigenvalue weighted by atomic mass is 9.98. The Labute approximate surface area is 113 Å². The second-order valence-electron chi connectivity index (χ2n) is 5.20. The maximum atomic E-state index is 12.9. The first-order valence-corrected chi connectivity index (χ1v) is 6.95. The molecule has 3 atom stereocenters. The maximum absolute atomic E-state index is 12.9. The van der Waals surface area contributed by atoms with Crippen LogP contribution in [0, 0.1) is 11.7 Å². The molecule has 1 aromatic rings. The van der Waals surface area contributed by atoms with Gasteiger partial charge in [0.05, 0.1) is 6.10 Å². The molecule has 1 fully saturated rings. The summed E-state index contributed by atoms with van der Waals surface area (Å²) >= 11 is 0. The molecule has 3 unspecified atom stereocenters. The topological polar surface area (TPSA) is 41.5 Å². The van der Waals surface area contributed by atoms with E-state index in [0.717, 1.165) is 37.6 Å². The van der Waals surface area contributed by atoms with Crippen molar-refractivity contribution in [2.45, 2.75) is 38.8 Å². The Kier molecular flexibility index (Phi) is 4.77. The van der Waals surface area contributed by atoms with Gasteiger partial charge in [-0.1, -0.05) is 13.0 Å². The number of ether oxygens (including phenoxy) is 1. The maximum Gasteiger partial charge on any atom is 0.126 e. The standard InChI is InChI=1S/C15H22FNO2/c1-3-15-11(6-7-19-15)9-17-10(2)13-5-4-12(16)8-14(13)18/h4-5,8,10-11,15,17-18H,3,6-7,9H2,1-2H3. The van der Waals surface area contributed by atoms with E-state index in [0.29, 0.717) is 12.0 Å². The fourth-order valence-electron chi connectivity index (χ4n) is 2.70. The summed E-state index contributed by atoms with van der Waals surface area (Å²) in [6.07, 6.45) is 2.44. The highest BCUT2D eigenvalue weighted by Gasteiger charge is 2.26. The summed E-state index contributed by atoms with van der Waals surface area (Å²) in [5.41, 5.74) is 0.730. The number of halogens is 1. The van der Waals surface area contributed by atoms with Crippen LogP contribution in [0.2, 0.25) is 0 Å². The third-order valence-electron chi connectivity index (χ3n) is 3.89. The van der Waals surface area contributed by atoms with E-state index in [4.69, 9.17) is 4.74 Å². The molecule has 19 heavy (non-hydrogen) atoms. The fourth-order valence-corrected chi connectivity index (χ4v) is 2.70. The van der Waals surface area contributed by atoms with Crippen molar-refractivity contribution in [3.63, 3.8) is 0 Å². The predicted octanol–water partition coefficient (Wildman–Crippen LogP) is 3.00. The van der Waals surface area contributed by atoms with Gasteiger partial charge in [-0.2, -0.15) is 0 Å². The molecule has 0 spiro atoms. The highest BCUT2D eigenvalue weighted by molar-refractivity contribution is 5.34. The zero-order chi connectivity index (χ0) is 13.8. The Balaban J connectivity index is 1.92. The van der Waals surface area contributed by atoms with Crippen LogP contribution < -0.4 is 5.32 Å². The van der Waals surface area contributed by atoms with Crippen molar-refractivity contribution in [2.75, 3.05) is 13.2 Å². The highest BCUT2D eigenvalue weighted by Crippen LogP contribution is 2.27. The minimum absolute atomic E-state index is 0.00120. The van der Waals surface area contributed by atoms with Gasteiger partial charge in [-0.05, 0) is 31.7 Å². The van der Waals surface area contributed by atoms with Crippen LogP contribution in [0.25, 0.3) is 0 Å². The van der Waals surface area contributed by atoms with Gasteiger partial charge in [0.2, 0.25) is 0 Å². The van der Waals surface area contributed by atoms with E-state index in [1.54, 1.807) is 6.07 Å². The molecule has 1 heterocycles. The van der Waals surface area contributed by atoms with Crippen LogP contribution in [-0.4, -0.2) is 24.4 Å². The van der Waals surface area contributed by atoms with Crippen LogP contribution in [-0.2, 0) is 4.74 Å². The molecule has 0 aliphatic carbocycles. The summed E-state index contributed by atoms with van der Waals surface area (Å²) < 4.78 is 18.6. The molecular weight excluding hydrogens is 245 g/mol. The number of benzene rings is 1. The lowest BCUT2D eigenvalue weighted by Crippen LogP contribution is -2.30. The summed E-state index contributed by atoms with van der Waals surface area (Å²) in [4.78, 5) is 0. The minimum Gasteiger partial charge on any atom is -0.508 e. The van der Waals surface area contributed by atoms with E-state index in [1.807, 2.05) is 6.92 Å². The minimum atomic E-state index is -0.413. The molecule has 1 aliphatic rings. The van der Waals surface area contributed by atoms with Gasteiger partial charge in [-0.25, -0.2) is 4.39 Å². The molecule has 3 nitrogen and oxygen atoms in total. The van der Waals surface area contributed by atoms with Crippen molar-refractivity contribution in [3.05, 3.63) is 29.6 Å². The lowest BCUT2D eigenvalue weighted by molar-refractivity contribution is 0.0867. The molecule has 106 valence electrons. The summed E-state index contributed by atoms with van der Waals surface area (Å²) in [6.45, 7) is 5.81. The van der Waals surface area contributed by atoms with Gasteiger partial charge >= 0.3 is 0 Å². The monoisotopic (exact) mass is 267 g/mol. The Bertz CT molecular complexity index is 425. The average Bonchev–Trinajstić information content (AvgIpc) is 2.83. The van der Waals surface area contributed by atoms with Crippen LogP contribution in [0.4, 0.5) is 4.39 Å². The van der Waals surface area contributed by atoms with Gasteiger partial charge in [0.15, 0.2) is 0 Å². The van der Waals surface area contributed by atoms with Crippen molar-refractivity contribution >= 4 is 0 Å². The first-order chi connectivity index (χ1) is 9.11. The molecule has 1 aliphatic heterocycles. The van der Waals surface area contributed by atoms with Gasteiger partial charge < -0.3 is 15.2 Å². The number of rotatable bonds is 5. The second-order valence-corrected chi connectivity index (χ2v) is 5.20. The zero-order valence-corrected chi connectivity index (χ0v) is 11.5. The van der Waals surface area contributed by atoms with Crippen molar-refractivity contribution < 1.29 is 14.2 Å². The van der Waals surface area contributed by atoms with E-state index < -0.39 is 5.82 Å². The van der Waals surface area contributed by atoms with E-state index in [1.165, 1.54) is 6.07 Å². The average molecular weight is 267 g/mol. The third kappa shape index (κ3) is 3.45. The first-order valence-electron chi connectivity index (χ1n) is 6.95. The van der Waals surface area contributed by atoms with Crippen molar-refractivity contribution in [2.24, 2.45) is 5.92 Å². The summed E-state index contributed by atoms with van der Waals surface area (Å²) in [5.74, 6) is 0.119. The molecular formula is C15H22FNO2. The van der Waals surface area contributed by atoms with Crippen molar-refractivity contribution in [1.82, 2.24) is 5.32 Å². The molecule has 0 aromatic heterocycles. The number of phenols is 1. The lowest BCUT2D eigenvalue weighted by Gasteiger charge is -2.21. The third-order valence-corrected chi connectivity index (χ3v) is 3.89. The molecule has 0 bridgehead atoms. The van der Waals surface area contributed by atoms with E-state index in [2.05, 4.69) is 12.2 Å². The summed E-state index contributed by atoms with van der Waals surface area (Å²) in [6, 6.07) is 4.16. The zero-order valence-electron chi connectivity index (χ0n) is 11.5. The molecule has 4 heteroatoms. The van der Waals surface area contributed by atoms with Crippen molar-refractivity contribution in [3.8, 4) is 5.75 Å². The van der Waals surface area contributed by atoms with Crippen LogP contribution in [0.5, 0.6) is 5.75 Å². The van der Waals surface area contributed by atoms with E-state index in [-0.39, 0.29) is 11.8 Å². The summed E-state index contributed by atoms with van der Waals surface area (Å²) in [7, 11) is 0. The van der Waals surface area contributed by atoms with Gasteiger partial charge in [0.25, 0.3) is 0 Å². The smallest absolute Gasteiger partial charge is 0.126 e. The van der Waals surface area contributed by atoms with Crippen LogP contribution >= 0.6 is 0 Å². The SMILES string of the molecule is CCC1OCCC1CNC(C)c1ccc(F)cc1O. The molecule has 2 rings (SSSR count). The van der Waals surface area contributed by atoms with Gasteiger partial charge in [0, 0.05) is 30.8 Å². The van der Waals surface area contributed by atoms with Crippen molar-refractivity contribution in [1.29, 1.82) is 0 Å². The number of nitrogens with one attached hydrogen (secondary N) is 1. The Morgan fingerprint density at radius 2 is 2.32 bits per heavy atom. The normalized spacial score (nSPS) is 24.6. The number of phenolic OH excluding ortho intramolecular Hbond substituents is 1. The summed E-state index contributed by atoms with van der Waals surface area (Å²) in [5, 5.41) is 13.2. The molecule has 1 aromatic carbocycles. The first kappa shape index (κ1) is 14.3. The largest absolute Gasteiger partial charge is 0.508 e. The van der Waals surface area contributed by atoms with Crippen LogP contribution in [0.15, 0.2) is 18.2 Å². The van der Waals surface area contributed by atoms with Gasteiger partial charge in [-0.3, -0.25) is 0 Å². The number of aromatic hydroxyl groups is 1. The van der Waals surface area contributed by atoms with E-state index >= 15 is 0 Å². The van der Waals surface area contributed by atoms with Crippen LogP contribution in [0.3, 0.4) is 0 Å². The Hall–Kier alpha value is -1.13. The quantitative estimate of drug-likeness (QED) is 0.861. The molecule has 0 amide bonds.